The molecule has 2 nitrogen and oxygen atoms in total. The van der Waals surface area contributed by atoms with E-state index in [1.165, 1.54) is 17.8 Å². The zero-order chi connectivity index (χ0) is 19.5. The van der Waals surface area contributed by atoms with Crippen LogP contribution < -0.4 is 0 Å². The fourth-order valence-corrected chi connectivity index (χ4v) is 3.87. The summed E-state index contributed by atoms with van der Waals surface area (Å²) in [6.45, 7) is 0. The molecule has 0 aliphatic carbocycles. The topological polar surface area (TPSA) is 25.8 Å². The van der Waals surface area contributed by atoms with Gasteiger partial charge >= 0.3 is 0 Å². The summed E-state index contributed by atoms with van der Waals surface area (Å²) in [5, 5.41) is 0.696. The SMILES string of the molecule is Fc1cc(F)c(-c2cccc(Sc3ccccc3S)n2)cc1-c1ccccn1. The molecule has 0 amide bonds. The molecule has 0 radical (unpaired) electrons. The lowest BCUT2D eigenvalue weighted by atomic mass is 10.0. The molecule has 2 aromatic heterocycles. The van der Waals surface area contributed by atoms with E-state index in [-0.39, 0.29) is 11.1 Å². The van der Waals surface area contributed by atoms with Gasteiger partial charge in [0.15, 0.2) is 0 Å². The van der Waals surface area contributed by atoms with Gasteiger partial charge in [-0.05, 0) is 42.5 Å². The van der Waals surface area contributed by atoms with E-state index in [4.69, 9.17) is 0 Å². The van der Waals surface area contributed by atoms with Crippen LogP contribution >= 0.6 is 24.4 Å². The van der Waals surface area contributed by atoms with Gasteiger partial charge in [0.2, 0.25) is 0 Å². The maximum atomic E-state index is 14.5. The molecule has 0 aliphatic rings. The van der Waals surface area contributed by atoms with Crippen LogP contribution in [0.5, 0.6) is 0 Å². The first-order chi connectivity index (χ1) is 13.6. The Bertz CT molecular complexity index is 1130. The molecule has 0 saturated carbocycles. The molecule has 0 atom stereocenters. The van der Waals surface area contributed by atoms with Gasteiger partial charge in [-0.2, -0.15) is 0 Å². The Kier molecular flexibility index (Phi) is 5.41. The smallest absolute Gasteiger partial charge is 0.135 e. The van der Waals surface area contributed by atoms with E-state index >= 15 is 0 Å². The molecule has 138 valence electrons. The van der Waals surface area contributed by atoms with Gasteiger partial charge in [-0.1, -0.05) is 36.0 Å². The normalized spacial score (nSPS) is 10.8. The van der Waals surface area contributed by atoms with Gasteiger partial charge in [0.1, 0.15) is 16.7 Å². The van der Waals surface area contributed by atoms with Crippen LogP contribution in [0.1, 0.15) is 0 Å². The van der Waals surface area contributed by atoms with Crippen molar-refractivity contribution >= 4 is 24.4 Å². The predicted octanol–water partition coefficient (Wildman–Crippen LogP) is 6.53. The van der Waals surface area contributed by atoms with E-state index in [2.05, 4.69) is 22.6 Å². The minimum atomic E-state index is -0.665. The fraction of sp³-hybridized carbons (Fsp3) is 0. The van der Waals surface area contributed by atoms with Crippen LogP contribution in [0.25, 0.3) is 22.5 Å². The van der Waals surface area contributed by atoms with Crippen LogP contribution in [-0.2, 0) is 0 Å². The van der Waals surface area contributed by atoms with Gasteiger partial charge < -0.3 is 0 Å². The first-order valence-corrected chi connectivity index (χ1v) is 9.72. The predicted molar refractivity (Wildman–Crippen MR) is 111 cm³/mol. The second-order valence-electron chi connectivity index (χ2n) is 5.96. The van der Waals surface area contributed by atoms with E-state index < -0.39 is 11.6 Å². The van der Waals surface area contributed by atoms with E-state index in [1.807, 2.05) is 30.3 Å². The van der Waals surface area contributed by atoms with Crippen LogP contribution in [0, 0.1) is 11.6 Å². The molecule has 28 heavy (non-hydrogen) atoms. The van der Waals surface area contributed by atoms with Crippen LogP contribution in [0.3, 0.4) is 0 Å². The van der Waals surface area contributed by atoms with Crippen molar-refractivity contribution in [1.29, 1.82) is 0 Å². The van der Waals surface area contributed by atoms with E-state index in [0.717, 1.165) is 15.9 Å². The Morgan fingerprint density at radius 2 is 1.46 bits per heavy atom. The Hall–Kier alpha value is -2.70. The quantitative estimate of drug-likeness (QED) is 0.389. The summed E-state index contributed by atoms with van der Waals surface area (Å²) in [5.41, 5.74) is 1.33. The molecular formula is C22H14F2N2S2. The molecule has 0 aliphatic heterocycles. The van der Waals surface area contributed by atoms with Crippen molar-refractivity contribution in [2.24, 2.45) is 0 Å². The number of nitrogens with zero attached hydrogens (tertiary/aromatic N) is 2. The lowest BCUT2D eigenvalue weighted by Crippen LogP contribution is -1.95. The molecule has 2 aromatic carbocycles. The summed E-state index contributed by atoms with van der Waals surface area (Å²) in [7, 11) is 0. The lowest BCUT2D eigenvalue weighted by Gasteiger charge is -2.10. The van der Waals surface area contributed by atoms with Gasteiger partial charge in [-0.3, -0.25) is 4.98 Å². The largest absolute Gasteiger partial charge is 0.256 e. The first-order valence-electron chi connectivity index (χ1n) is 8.45. The van der Waals surface area contributed by atoms with Crippen LogP contribution in [0.15, 0.2) is 93.8 Å². The Morgan fingerprint density at radius 3 is 2.21 bits per heavy atom. The number of pyridine rings is 2. The molecule has 0 fully saturated rings. The van der Waals surface area contributed by atoms with Gasteiger partial charge in [-0.15, -0.1) is 12.6 Å². The molecule has 4 aromatic rings. The van der Waals surface area contributed by atoms with Crippen molar-refractivity contribution in [3.05, 3.63) is 90.6 Å². The maximum absolute atomic E-state index is 14.5. The highest BCUT2D eigenvalue weighted by atomic mass is 32.2. The molecular weight excluding hydrogens is 394 g/mol. The minimum absolute atomic E-state index is 0.226. The summed E-state index contributed by atoms with van der Waals surface area (Å²) in [5.74, 6) is -1.32. The van der Waals surface area contributed by atoms with Gasteiger partial charge in [0, 0.05) is 33.2 Å². The third-order valence-electron chi connectivity index (χ3n) is 4.08. The van der Waals surface area contributed by atoms with E-state index in [0.29, 0.717) is 16.4 Å². The average molecular weight is 408 g/mol. The summed E-state index contributed by atoms with van der Waals surface area (Å²) in [6, 6.07) is 20.5. The zero-order valence-corrected chi connectivity index (χ0v) is 16.2. The number of hydrogen-bond acceptors (Lipinski definition) is 4. The fourth-order valence-electron chi connectivity index (χ4n) is 2.74. The van der Waals surface area contributed by atoms with Gasteiger partial charge in [0.05, 0.1) is 11.4 Å². The summed E-state index contributed by atoms with van der Waals surface area (Å²) < 4.78 is 28.9. The van der Waals surface area contributed by atoms with Gasteiger partial charge in [0.25, 0.3) is 0 Å². The summed E-state index contributed by atoms with van der Waals surface area (Å²) in [4.78, 5) is 10.5. The molecule has 0 saturated heterocycles. The number of hydrogen-bond donors (Lipinski definition) is 1. The van der Waals surface area contributed by atoms with Gasteiger partial charge in [-0.25, -0.2) is 13.8 Å². The molecule has 2 heterocycles. The highest BCUT2D eigenvalue weighted by molar-refractivity contribution is 7.99. The molecule has 0 unspecified atom stereocenters. The second-order valence-corrected chi connectivity index (χ2v) is 7.50. The van der Waals surface area contributed by atoms with Crippen LogP contribution in [0.4, 0.5) is 8.78 Å². The van der Waals surface area contributed by atoms with E-state index in [9.17, 15) is 8.78 Å². The highest BCUT2D eigenvalue weighted by Gasteiger charge is 2.15. The minimum Gasteiger partial charge on any atom is -0.256 e. The average Bonchev–Trinajstić information content (AvgIpc) is 2.71. The van der Waals surface area contributed by atoms with Crippen molar-refractivity contribution < 1.29 is 8.78 Å². The third kappa shape index (κ3) is 3.93. The lowest BCUT2D eigenvalue weighted by molar-refractivity contribution is 0.587. The molecule has 0 bridgehead atoms. The van der Waals surface area contributed by atoms with Crippen LogP contribution in [0.2, 0.25) is 0 Å². The molecule has 6 heteroatoms. The molecule has 0 N–H and O–H groups in total. The molecule has 4 rings (SSSR count). The number of aromatic nitrogens is 2. The number of rotatable bonds is 4. The summed E-state index contributed by atoms with van der Waals surface area (Å²) in [6.07, 6.45) is 1.57. The zero-order valence-electron chi connectivity index (χ0n) is 14.5. The third-order valence-corrected chi connectivity index (χ3v) is 5.63. The summed E-state index contributed by atoms with van der Waals surface area (Å²) >= 11 is 5.88. The number of halogens is 2. The van der Waals surface area contributed by atoms with Crippen molar-refractivity contribution in [3.63, 3.8) is 0 Å². The number of thiol groups is 1. The van der Waals surface area contributed by atoms with Crippen LogP contribution in [-0.4, -0.2) is 9.97 Å². The highest BCUT2D eigenvalue weighted by Crippen LogP contribution is 2.34. The monoisotopic (exact) mass is 408 g/mol. The maximum Gasteiger partial charge on any atom is 0.135 e. The Balaban J connectivity index is 1.74. The first kappa shape index (κ1) is 18.7. The van der Waals surface area contributed by atoms with Crippen molar-refractivity contribution in [1.82, 2.24) is 9.97 Å². The second kappa shape index (κ2) is 8.12. The van der Waals surface area contributed by atoms with E-state index in [1.54, 1.807) is 36.5 Å². The number of benzene rings is 2. The van der Waals surface area contributed by atoms with Crippen molar-refractivity contribution in [3.8, 4) is 22.5 Å². The van der Waals surface area contributed by atoms with Crippen molar-refractivity contribution in [2.45, 2.75) is 14.8 Å². The molecule has 0 spiro atoms. The van der Waals surface area contributed by atoms with Crippen molar-refractivity contribution in [2.75, 3.05) is 0 Å². The Labute approximate surface area is 171 Å². The Morgan fingerprint density at radius 1 is 0.750 bits per heavy atom. The standard InChI is InChI=1S/C22H14F2N2S2/c23-16-13-17(24)15(12-14(16)18-6-3-4-11-25-18)19-7-5-10-22(26-19)28-21-9-2-1-8-20(21)27/h1-13,27H.